The van der Waals surface area contributed by atoms with E-state index in [4.69, 9.17) is 0 Å². The van der Waals surface area contributed by atoms with Gasteiger partial charge < -0.3 is 4.90 Å². The van der Waals surface area contributed by atoms with Crippen molar-refractivity contribution in [3.8, 4) is 0 Å². The fourth-order valence-electron chi connectivity index (χ4n) is 4.12. The van der Waals surface area contributed by atoms with Gasteiger partial charge in [-0.1, -0.05) is 0 Å². The van der Waals surface area contributed by atoms with Crippen molar-refractivity contribution >= 4 is 22.5 Å². The van der Waals surface area contributed by atoms with Gasteiger partial charge in [0.1, 0.15) is 11.3 Å². The molecule has 136 valence electrons. The fourth-order valence-corrected chi connectivity index (χ4v) is 4.12. The van der Waals surface area contributed by atoms with E-state index in [0.29, 0.717) is 24.4 Å². The zero-order valence-electron chi connectivity index (χ0n) is 14.2. The number of fused-ring (bicyclic) bond motifs is 4. The molecule has 9 heteroatoms. The number of hydrogen-bond donors (Lipinski definition) is 0. The van der Waals surface area contributed by atoms with E-state index >= 15 is 0 Å². The second kappa shape index (κ2) is 5.54. The van der Waals surface area contributed by atoms with Gasteiger partial charge in [-0.25, -0.2) is 23.1 Å². The number of hydrogen-bond acceptors (Lipinski definition) is 5. The summed E-state index contributed by atoms with van der Waals surface area (Å²) in [6, 6.07) is 1.36. The average molecular weight is 362 g/mol. The lowest BCUT2D eigenvalue weighted by Crippen LogP contribution is -2.51. The maximum atomic E-state index is 14.4. The first-order valence-electron chi connectivity index (χ1n) is 8.72. The van der Waals surface area contributed by atoms with Gasteiger partial charge in [0.05, 0.1) is 5.39 Å². The number of aryl methyl sites for hydroxylation is 1. The highest BCUT2D eigenvalue weighted by Crippen LogP contribution is 2.30. The molecule has 5 rings (SSSR count). The minimum Gasteiger partial charge on any atom is -0.338 e. The molecule has 0 N–H and O–H groups in total. The molecule has 0 spiro atoms. The Hall–Kier alpha value is -2.42. The molecule has 0 radical (unpaired) electrons. The van der Waals surface area contributed by atoms with E-state index < -0.39 is 17.5 Å². The summed E-state index contributed by atoms with van der Waals surface area (Å²) in [6.07, 6.45) is 2.28. The smallest absolute Gasteiger partial charge is 0.229 e. The van der Waals surface area contributed by atoms with Gasteiger partial charge in [-0.3, -0.25) is 4.90 Å². The normalized spacial score (nSPS) is 21.1. The van der Waals surface area contributed by atoms with Crippen LogP contribution in [0.25, 0.3) is 16.6 Å². The Labute approximate surface area is 147 Å². The lowest BCUT2D eigenvalue weighted by atomic mass is 10.1. The van der Waals surface area contributed by atoms with Gasteiger partial charge >= 0.3 is 0 Å². The van der Waals surface area contributed by atoms with Crippen molar-refractivity contribution in [2.45, 2.75) is 25.8 Å². The maximum Gasteiger partial charge on any atom is 0.229 e. The number of nitrogens with zero attached hydrogens (tertiary/aromatic N) is 6. The van der Waals surface area contributed by atoms with Crippen LogP contribution in [-0.2, 0) is 0 Å². The van der Waals surface area contributed by atoms with Crippen LogP contribution in [0.5, 0.6) is 0 Å². The van der Waals surface area contributed by atoms with Gasteiger partial charge in [0.25, 0.3) is 0 Å². The van der Waals surface area contributed by atoms with Crippen molar-refractivity contribution in [2.75, 3.05) is 31.1 Å². The number of rotatable bonds is 1. The van der Waals surface area contributed by atoms with Gasteiger partial charge in [0.2, 0.25) is 5.95 Å². The molecule has 0 aliphatic carbocycles. The highest BCUT2D eigenvalue weighted by molar-refractivity contribution is 5.93. The average Bonchev–Trinajstić information content (AvgIpc) is 3.24. The number of anilines is 1. The summed E-state index contributed by atoms with van der Waals surface area (Å²) >= 11 is 0. The molecule has 0 bridgehead atoms. The predicted molar refractivity (Wildman–Crippen MR) is 89.7 cm³/mol. The maximum absolute atomic E-state index is 14.4. The molecule has 26 heavy (non-hydrogen) atoms. The largest absolute Gasteiger partial charge is 0.338 e. The van der Waals surface area contributed by atoms with E-state index in [9.17, 15) is 13.2 Å². The SMILES string of the molecule is Cc1nc2c3cc(F)c(F)c(F)c3nc(N3CCN4CCCC4C3)n2n1. The fraction of sp³-hybridized carbons (Fsp3) is 0.471. The molecule has 1 unspecified atom stereocenters. The van der Waals surface area contributed by atoms with Gasteiger partial charge in [-0.05, 0) is 32.4 Å². The van der Waals surface area contributed by atoms with Crippen molar-refractivity contribution in [1.82, 2.24) is 24.5 Å². The molecule has 6 nitrogen and oxygen atoms in total. The Morgan fingerprint density at radius 1 is 1.08 bits per heavy atom. The summed E-state index contributed by atoms with van der Waals surface area (Å²) in [4.78, 5) is 13.1. The summed E-state index contributed by atoms with van der Waals surface area (Å²) in [5.41, 5.74) is 0.0711. The third-order valence-electron chi connectivity index (χ3n) is 5.36. The van der Waals surface area contributed by atoms with Crippen molar-refractivity contribution in [3.63, 3.8) is 0 Å². The first-order chi connectivity index (χ1) is 12.5. The zero-order valence-corrected chi connectivity index (χ0v) is 14.2. The van der Waals surface area contributed by atoms with Gasteiger partial charge in [-0.15, -0.1) is 5.10 Å². The summed E-state index contributed by atoms with van der Waals surface area (Å²) in [6.45, 7) is 5.15. The van der Waals surface area contributed by atoms with Gasteiger partial charge in [0, 0.05) is 25.7 Å². The molecule has 2 fully saturated rings. The van der Waals surface area contributed by atoms with E-state index in [2.05, 4.69) is 20.0 Å². The molecular weight excluding hydrogens is 345 g/mol. The van der Waals surface area contributed by atoms with Crippen LogP contribution in [0.15, 0.2) is 6.07 Å². The molecule has 2 aliphatic rings. The second-order valence-corrected chi connectivity index (χ2v) is 6.97. The molecule has 0 amide bonds. The molecule has 2 saturated heterocycles. The van der Waals surface area contributed by atoms with Gasteiger partial charge in [-0.2, -0.15) is 4.52 Å². The molecule has 4 heterocycles. The molecule has 1 atom stereocenters. The first kappa shape index (κ1) is 15.8. The van der Waals surface area contributed by atoms with E-state index in [-0.39, 0.29) is 16.6 Å². The molecule has 1 aromatic carbocycles. The summed E-state index contributed by atoms with van der Waals surface area (Å²) in [5, 5.41) is 4.47. The van der Waals surface area contributed by atoms with Crippen LogP contribution >= 0.6 is 0 Å². The summed E-state index contributed by atoms with van der Waals surface area (Å²) < 4.78 is 43.4. The van der Waals surface area contributed by atoms with Crippen LogP contribution in [0.2, 0.25) is 0 Å². The van der Waals surface area contributed by atoms with E-state index in [1.54, 1.807) is 6.92 Å². The first-order valence-corrected chi connectivity index (χ1v) is 8.72. The second-order valence-electron chi connectivity index (χ2n) is 6.97. The number of halogens is 3. The van der Waals surface area contributed by atoms with E-state index in [0.717, 1.165) is 32.1 Å². The van der Waals surface area contributed by atoms with Crippen molar-refractivity contribution < 1.29 is 13.2 Å². The molecular formula is C17H17F3N6. The molecule has 0 saturated carbocycles. The molecule has 2 aliphatic heterocycles. The number of piperazine rings is 1. The predicted octanol–water partition coefficient (Wildman–Crippen LogP) is 2.29. The topological polar surface area (TPSA) is 49.6 Å². The van der Waals surface area contributed by atoms with Gasteiger partial charge in [0.15, 0.2) is 23.1 Å². The number of aromatic nitrogens is 4. The van der Waals surface area contributed by atoms with Crippen LogP contribution in [-0.4, -0.2) is 56.7 Å². The minimum atomic E-state index is -1.52. The quantitative estimate of drug-likeness (QED) is 0.622. The Kier molecular flexibility index (Phi) is 3.37. The van der Waals surface area contributed by atoms with Crippen LogP contribution in [0.3, 0.4) is 0 Å². The Balaban J connectivity index is 1.73. The van der Waals surface area contributed by atoms with Crippen LogP contribution in [0, 0.1) is 24.4 Å². The highest BCUT2D eigenvalue weighted by Gasteiger charge is 2.33. The number of benzene rings is 1. The summed E-state index contributed by atoms with van der Waals surface area (Å²) in [5.74, 6) is -3.18. The third-order valence-corrected chi connectivity index (χ3v) is 5.36. The third kappa shape index (κ3) is 2.19. The Morgan fingerprint density at radius 3 is 2.77 bits per heavy atom. The van der Waals surface area contributed by atoms with Crippen molar-refractivity contribution in [3.05, 3.63) is 29.3 Å². The minimum absolute atomic E-state index is 0.116. The van der Waals surface area contributed by atoms with Crippen LogP contribution in [0.1, 0.15) is 18.7 Å². The Morgan fingerprint density at radius 2 is 1.92 bits per heavy atom. The Bertz CT molecular complexity index is 1030. The van der Waals surface area contributed by atoms with Crippen LogP contribution < -0.4 is 4.90 Å². The molecule has 3 aromatic rings. The van der Waals surface area contributed by atoms with Crippen molar-refractivity contribution in [1.29, 1.82) is 0 Å². The lowest BCUT2D eigenvalue weighted by molar-refractivity contribution is 0.229. The standard InChI is InChI=1S/C17H17F3N6/c1-9-21-16-11-7-12(18)13(19)14(20)15(11)22-17(26(16)23-9)25-6-5-24-4-2-3-10(24)8-25/h7,10H,2-6,8H2,1H3. The van der Waals surface area contributed by atoms with E-state index in [1.807, 2.05) is 4.90 Å². The molecule has 2 aromatic heterocycles. The van der Waals surface area contributed by atoms with Crippen molar-refractivity contribution in [2.24, 2.45) is 0 Å². The van der Waals surface area contributed by atoms with Crippen LogP contribution in [0.4, 0.5) is 19.1 Å². The lowest BCUT2D eigenvalue weighted by Gasteiger charge is -2.37. The zero-order chi connectivity index (χ0) is 18.0. The highest BCUT2D eigenvalue weighted by atomic mass is 19.2. The summed E-state index contributed by atoms with van der Waals surface area (Å²) in [7, 11) is 0. The van der Waals surface area contributed by atoms with E-state index in [1.165, 1.54) is 10.9 Å². The monoisotopic (exact) mass is 362 g/mol.